The van der Waals surface area contributed by atoms with Gasteiger partial charge in [-0.3, -0.25) is 0 Å². The van der Waals surface area contributed by atoms with Gasteiger partial charge in [0, 0.05) is 21.7 Å². The van der Waals surface area contributed by atoms with Gasteiger partial charge in [0.25, 0.3) is 0 Å². The van der Waals surface area contributed by atoms with Crippen LogP contribution in [0.5, 0.6) is 0 Å². The van der Waals surface area contributed by atoms with Crippen molar-refractivity contribution in [2.24, 2.45) is 0 Å². The van der Waals surface area contributed by atoms with E-state index >= 15 is 0 Å². The molecule has 0 aliphatic carbocycles. The zero-order valence-corrected chi connectivity index (χ0v) is 9.50. The monoisotopic (exact) mass is 249 g/mol. The summed E-state index contributed by atoms with van der Waals surface area (Å²) in [5, 5.41) is 9.78. The number of hydrogen-bond donors (Lipinski definition) is 0. The van der Waals surface area contributed by atoms with Crippen LogP contribution in [0.1, 0.15) is 5.69 Å². The van der Waals surface area contributed by atoms with Crippen molar-refractivity contribution in [3.8, 4) is 17.3 Å². The van der Waals surface area contributed by atoms with Gasteiger partial charge in [0.2, 0.25) is 0 Å². The van der Waals surface area contributed by atoms with Crippen molar-refractivity contribution >= 4 is 23.2 Å². The molecule has 3 nitrogen and oxygen atoms in total. The van der Waals surface area contributed by atoms with Crippen LogP contribution in [0.15, 0.2) is 30.6 Å². The average molecular weight is 250 g/mol. The molecule has 0 spiro atoms. The first-order chi connectivity index (χ1) is 7.69. The van der Waals surface area contributed by atoms with E-state index in [1.54, 1.807) is 24.3 Å². The van der Waals surface area contributed by atoms with E-state index in [4.69, 9.17) is 28.5 Å². The summed E-state index contributed by atoms with van der Waals surface area (Å²) in [5.74, 6) is 0. The number of nitrogens with zero attached hydrogens (tertiary/aromatic N) is 3. The molecule has 0 unspecified atom stereocenters. The fraction of sp³-hybridized carbons (Fsp3) is 0. The third-order valence-corrected chi connectivity index (χ3v) is 2.38. The highest BCUT2D eigenvalue weighted by atomic mass is 35.5. The van der Waals surface area contributed by atoms with Crippen molar-refractivity contribution in [3.05, 3.63) is 46.3 Å². The summed E-state index contributed by atoms with van der Waals surface area (Å²) < 4.78 is 0. The van der Waals surface area contributed by atoms with Crippen LogP contribution in [0.3, 0.4) is 0 Å². The molecule has 0 saturated heterocycles. The summed E-state index contributed by atoms with van der Waals surface area (Å²) in [5.41, 5.74) is 1.69. The normalized spacial score (nSPS) is 9.81. The molecular weight excluding hydrogens is 245 g/mol. The van der Waals surface area contributed by atoms with E-state index in [0.717, 1.165) is 5.56 Å². The Bertz CT molecular complexity index is 555. The van der Waals surface area contributed by atoms with E-state index < -0.39 is 0 Å². The fourth-order valence-electron chi connectivity index (χ4n) is 1.28. The third kappa shape index (κ3) is 2.30. The van der Waals surface area contributed by atoms with E-state index in [9.17, 15) is 0 Å². The molecule has 16 heavy (non-hydrogen) atoms. The minimum Gasteiger partial charge on any atom is -0.236 e. The molecule has 5 heteroatoms. The van der Waals surface area contributed by atoms with Crippen molar-refractivity contribution in [2.75, 3.05) is 0 Å². The van der Waals surface area contributed by atoms with E-state index in [-0.39, 0.29) is 0 Å². The van der Waals surface area contributed by atoms with Crippen LogP contribution < -0.4 is 0 Å². The Balaban J connectivity index is 2.54. The molecule has 0 amide bonds. The SMILES string of the molecule is N#Cc1cc(-c2cc(Cl)cc(Cl)c2)ncn1. The largest absolute Gasteiger partial charge is 0.236 e. The molecule has 0 atom stereocenters. The maximum Gasteiger partial charge on any atom is 0.144 e. The van der Waals surface area contributed by atoms with Crippen LogP contribution in [0, 0.1) is 11.3 Å². The third-order valence-electron chi connectivity index (χ3n) is 1.94. The average Bonchev–Trinajstić information content (AvgIpc) is 2.28. The highest BCUT2D eigenvalue weighted by molar-refractivity contribution is 6.35. The van der Waals surface area contributed by atoms with Crippen LogP contribution in [-0.4, -0.2) is 9.97 Å². The lowest BCUT2D eigenvalue weighted by atomic mass is 10.1. The molecule has 1 aromatic carbocycles. The zero-order chi connectivity index (χ0) is 11.5. The number of nitriles is 1. The molecular formula is C11H5Cl2N3. The Morgan fingerprint density at radius 3 is 2.31 bits per heavy atom. The molecule has 78 valence electrons. The molecule has 0 bridgehead atoms. The molecule has 2 aromatic rings. The van der Waals surface area contributed by atoms with Crippen LogP contribution in [0.2, 0.25) is 10.0 Å². The number of rotatable bonds is 1. The van der Waals surface area contributed by atoms with Gasteiger partial charge < -0.3 is 0 Å². The molecule has 0 aliphatic rings. The molecule has 0 saturated carbocycles. The van der Waals surface area contributed by atoms with E-state index in [0.29, 0.717) is 21.4 Å². The summed E-state index contributed by atoms with van der Waals surface area (Å²) in [4.78, 5) is 7.85. The maximum atomic E-state index is 8.73. The van der Waals surface area contributed by atoms with Crippen molar-refractivity contribution in [1.29, 1.82) is 5.26 Å². The predicted molar refractivity (Wildman–Crippen MR) is 62.2 cm³/mol. The van der Waals surface area contributed by atoms with Gasteiger partial charge >= 0.3 is 0 Å². The first-order valence-electron chi connectivity index (χ1n) is 4.37. The Morgan fingerprint density at radius 2 is 1.69 bits per heavy atom. The number of halogens is 2. The molecule has 0 N–H and O–H groups in total. The summed E-state index contributed by atoms with van der Waals surface area (Å²) >= 11 is 11.8. The second kappa shape index (κ2) is 4.48. The Morgan fingerprint density at radius 1 is 1.00 bits per heavy atom. The van der Waals surface area contributed by atoms with Crippen molar-refractivity contribution in [3.63, 3.8) is 0 Å². The van der Waals surface area contributed by atoms with Crippen molar-refractivity contribution in [1.82, 2.24) is 9.97 Å². The van der Waals surface area contributed by atoms with Crippen LogP contribution >= 0.6 is 23.2 Å². The second-order valence-corrected chi connectivity index (χ2v) is 3.93. The Kier molecular flexibility index (Phi) is 3.04. The van der Waals surface area contributed by atoms with Gasteiger partial charge in [-0.2, -0.15) is 5.26 Å². The van der Waals surface area contributed by atoms with Gasteiger partial charge in [-0.25, -0.2) is 9.97 Å². The van der Waals surface area contributed by atoms with Crippen molar-refractivity contribution in [2.45, 2.75) is 0 Å². The maximum absolute atomic E-state index is 8.73. The van der Waals surface area contributed by atoms with Gasteiger partial charge in [-0.1, -0.05) is 23.2 Å². The summed E-state index contributed by atoms with van der Waals surface area (Å²) in [6, 6.07) is 8.64. The van der Waals surface area contributed by atoms with Crippen LogP contribution in [0.25, 0.3) is 11.3 Å². The first-order valence-corrected chi connectivity index (χ1v) is 5.13. The number of benzene rings is 1. The molecule has 0 aliphatic heterocycles. The minimum absolute atomic E-state index is 0.307. The number of hydrogen-bond acceptors (Lipinski definition) is 3. The highest BCUT2D eigenvalue weighted by Crippen LogP contribution is 2.25. The van der Waals surface area contributed by atoms with E-state index in [1.807, 2.05) is 6.07 Å². The summed E-state index contributed by atoms with van der Waals surface area (Å²) in [6.07, 6.45) is 1.34. The first kappa shape index (κ1) is 10.9. The lowest BCUT2D eigenvalue weighted by Crippen LogP contribution is -1.88. The number of aromatic nitrogens is 2. The van der Waals surface area contributed by atoms with Crippen LogP contribution in [0.4, 0.5) is 0 Å². The lowest BCUT2D eigenvalue weighted by Gasteiger charge is -2.02. The van der Waals surface area contributed by atoms with Crippen molar-refractivity contribution < 1.29 is 0 Å². The van der Waals surface area contributed by atoms with Gasteiger partial charge in [0.1, 0.15) is 18.1 Å². The van der Waals surface area contributed by atoms with Gasteiger partial charge in [0.15, 0.2) is 0 Å². The fourth-order valence-corrected chi connectivity index (χ4v) is 1.80. The molecule has 2 rings (SSSR count). The van der Waals surface area contributed by atoms with Gasteiger partial charge in [-0.15, -0.1) is 0 Å². The topological polar surface area (TPSA) is 49.6 Å². The zero-order valence-electron chi connectivity index (χ0n) is 7.98. The Labute approximate surface area is 102 Å². The van der Waals surface area contributed by atoms with Gasteiger partial charge in [-0.05, 0) is 18.2 Å². The standard InChI is InChI=1S/C11H5Cl2N3/c12-8-1-7(2-9(13)3-8)11-4-10(5-14)15-6-16-11/h1-4,6H. The molecule has 1 aromatic heterocycles. The van der Waals surface area contributed by atoms with E-state index in [2.05, 4.69) is 9.97 Å². The lowest BCUT2D eigenvalue weighted by molar-refractivity contribution is 1.14. The minimum atomic E-state index is 0.307. The van der Waals surface area contributed by atoms with E-state index in [1.165, 1.54) is 6.33 Å². The van der Waals surface area contributed by atoms with Crippen LogP contribution in [-0.2, 0) is 0 Å². The summed E-state index contributed by atoms with van der Waals surface area (Å²) in [7, 11) is 0. The Hall–Kier alpha value is -1.63. The predicted octanol–water partition coefficient (Wildman–Crippen LogP) is 3.32. The van der Waals surface area contributed by atoms with Gasteiger partial charge in [0.05, 0.1) is 5.69 Å². The highest BCUT2D eigenvalue weighted by Gasteiger charge is 2.04. The second-order valence-electron chi connectivity index (χ2n) is 3.06. The molecule has 0 radical (unpaired) electrons. The quantitative estimate of drug-likeness (QED) is 0.779. The smallest absolute Gasteiger partial charge is 0.144 e. The molecule has 1 heterocycles. The molecule has 0 fully saturated rings. The summed E-state index contributed by atoms with van der Waals surface area (Å²) in [6.45, 7) is 0.